The van der Waals surface area contributed by atoms with Crippen LogP contribution in [0.15, 0.2) is 36.5 Å². The van der Waals surface area contributed by atoms with Gasteiger partial charge in [0.1, 0.15) is 0 Å². The summed E-state index contributed by atoms with van der Waals surface area (Å²) in [6.45, 7) is 10.4. The van der Waals surface area contributed by atoms with Crippen molar-refractivity contribution in [1.29, 1.82) is 0 Å². The molecule has 0 rings (SSSR count). The Labute approximate surface area is 177 Å². The standard InChI is InChI=1S/C18H30O10P2/c1-7-25-17(19)15(3)13-29(21,23-5)27-11-9-10-12-28-30(22,24-6)14-16(4)18(20)26-8-2/h9-10H,3-4,7-8,11-14H2,1-2,5-6H3/b10-9-. The normalized spacial score (nSPS) is 15.2. The molecule has 0 N–H and O–H groups in total. The van der Waals surface area contributed by atoms with Gasteiger partial charge in [0.05, 0.1) is 38.8 Å². The van der Waals surface area contributed by atoms with Gasteiger partial charge < -0.3 is 27.6 Å². The summed E-state index contributed by atoms with van der Waals surface area (Å²) in [7, 11) is -4.80. The average Bonchev–Trinajstić information content (AvgIpc) is 2.70. The summed E-state index contributed by atoms with van der Waals surface area (Å²) in [6, 6.07) is 0. The summed E-state index contributed by atoms with van der Waals surface area (Å²) in [5.74, 6) is -1.36. The van der Waals surface area contributed by atoms with Crippen molar-refractivity contribution in [3.63, 3.8) is 0 Å². The lowest BCUT2D eigenvalue weighted by Crippen LogP contribution is -2.12. The van der Waals surface area contributed by atoms with Crippen LogP contribution in [0.5, 0.6) is 0 Å². The minimum atomic E-state index is -3.59. The Balaban J connectivity index is 4.58. The van der Waals surface area contributed by atoms with Crippen LogP contribution in [-0.4, -0.2) is 64.9 Å². The van der Waals surface area contributed by atoms with Crippen molar-refractivity contribution >= 4 is 27.1 Å². The number of hydrogen-bond donors (Lipinski definition) is 0. The van der Waals surface area contributed by atoms with E-state index >= 15 is 0 Å². The van der Waals surface area contributed by atoms with Crippen molar-refractivity contribution < 1.29 is 46.3 Å². The summed E-state index contributed by atoms with van der Waals surface area (Å²) in [6.07, 6.45) is 2.28. The molecular formula is C18H30O10P2. The van der Waals surface area contributed by atoms with E-state index in [-0.39, 0.29) is 49.9 Å². The van der Waals surface area contributed by atoms with Gasteiger partial charge in [0.25, 0.3) is 0 Å². The van der Waals surface area contributed by atoms with Gasteiger partial charge in [0.15, 0.2) is 0 Å². The van der Waals surface area contributed by atoms with Crippen molar-refractivity contribution in [2.75, 3.05) is 53.0 Å². The molecule has 0 amide bonds. The molecule has 0 radical (unpaired) electrons. The number of carbonyl (C=O) groups is 2. The van der Waals surface area contributed by atoms with Gasteiger partial charge in [-0.05, 0) is 13.8 Å². The van der Waals surface area contributed by atoms with Gasteiger partial charge in [-0.15, -0.1) is 0 Å². The van der Waals surface area contributed by atoms with Gasteiger partial charge in [-0.25, -0.2) is 9.59 Å². The molecule has 12 heteroatoms. The quantitative estimate of drug-likeness (QED) is 0.144. The third-order valence-corrected chi connectivity index (χ3v) is 7.09. The van der Waals surface area contributed by atoms with E-state index in [0.29, 0.717) is 0 Å². The summed E-state index contributed by atoms with van der Waals surface area (Å²) in [4.78, 5) is 23.1. The third kappa shape index (κ3) is 11.0. The van der Waals surface area contributed by atoms with E-state index in [4.69, 9.17) is 27.6 Å². The third-order valence-electron chi connectivity index (χ3n) is 3.36. The van der Waals surface area contributed by atoms with E-state index in [2.05, 4.69) is 13.2 Å². The molecular weight excluding hydrogens is 438 g/mol. The molecule has 0 saturated carbocycles. The van der Waals surface area contributed by atoms with Crippen LogP contribution < -0.4 is 0 Å². The topological polar surface area (TPSA) is 124 Å². The van der Waals surface area contributed by atoms with Gasteiger partial charge >= 0.3 is 27.1 Å². The lowest BCUT2D eigenvalue weighted by molar-refractivity contribution is -0.139. The highest BCUT2D eigenvalue weighted by atomic mass is 31.2. The number of hydrogen-bond acceptors (Lipinski definition) is 10. The van der Waals surface area contributed by atoms with E-state index < -0.39 is 27.1 Å². The Bertz CT molecular complexity index is 668. The molecule has 0 fully saturated rings. The summed E-state index contributed by atoms with van der Waals surface area (Å²) in [5.41, 5.74) is -0.0607. The monoisotopic (exact) mass is 468 g/mol. The predicted molar refractivity (Wildman–Crippen MR) is 112 cm³/mol. The molecule has 0 bridgehead atoms. The second-order valence-electron chi connectivity index (χ2n) is 5.61. The fourth-order valence-electron chi connectivity index (χ4n) is 1.84. The van der Waals surface area contributed by atoms with Crippen LogP contribution in [0.3, 0.4) is 0 Å². The molecule has 2 atom stereocenters. The van der Waals surface area contributed by atoms with Crippen LogP contribution in [0.1, 0.15) is 13.8 Å². The molecule has 0 aliphatic heterocycles. The van der Waals surface area contributed by atoms with Gasteiger partial charge in [-0.3, -0.25) is 9.13 Å². The lowest BCUT2D eigenvalue weighted by atomic mass is 10.4. The number of carbonyl (C=O) groups excluding carboxylic acids is 2. The maximum Gasteiger partial charge on any atom is 0.335 e. The molecule has 0 saturated heterocycles. The zero-order valence-electron chi connectivity index (χ0n) is 17.8. The molecule has 2 unspecified atom stereocenters. The predicted octanol–water partition coefficient (Wildman–Crippen LogP) is 3.49. The average molecular weight is 468 g/mol. The van der Waals surface area contributed by atoms with E-state index in [0.717, 1.165) is 0 Å². The van der Waals surface area contributed by atoms with E-state index in [1.54, 1.807) is 13.8 Å². The fourth-order valence-corrected chi connectivity index (χ4v) is 4.31. The highest BCUT2D eigenvalue weighted by Crippen LogP contribution is 2.49. The number of ether oxygens (including phenoxy) is 2. The van der Waals surface area contributed by atoms with Crippen molar-refractivity contribution in [2.24, 2.45) is 0 Å². The lowest BCUT2D eigenvalue weighted by Gasteiger charge is -2.16. The molecule has 0 aromatic carbocycles. The van der Waals surface area contributed by atoms with Crippen molar-refractivity contribution in [2.45, 2.75) is 13.8 Å². The molecule has 0 aromatic rings. The molecule has 0 aromatic heterocycles. The van der Waals surface area contributed by atoms with Crippen molar-refractivity contribution in [3.05, 3.63) is 36.5 Å². The second kappa shape index (κ2) is 14.5. The smallest absolute Gasteiger partial charge is 0.335 e. The van der Waals surface area contributed by atoms with Crippen LogP contribution in [0.4, 0.5) is 0 Å². The highest BCUT2D eigenvalue weighted by Gasteiger charge is 2.28. The Morgan fingerprint density at radius 3 is 1.37 bits per heavy atom. The van der Waals surface area contributed by atoms with Gasteiger partial charge in [-0.1, -0.05) is 25.3 Å². The fraction of sp³-hybridized carbons (Fsp3) is 0.556. The number of rotatable bonds is 16. The van der Waals surface area contributed by atoms with Gasteiger partial charge in [-0.2, -0.15) is 0 Å². The van der Waals surface area contributed by atoms with Gasteiger partial charge in [0, 0.05) is 25.4 Å². The first kappa shape index (κ1) is 28.5. The van der Waals surface area contributed by atoms with Crippen LogP contribution in [0.2, 0.25) is 0 Å². The molecule has 0 aliphatic rings. The summed E-state index contributed by atoms with van der Waals surface area (Å²) >= 11 is 0. The zero-order valence-corrected chi connectivity index (χ0v) is 19.6. The van der Waals surface area contributed by atoms with Crippen molar-refractivity contribution in [1.82, 2.24) is 0 Å². The van der Waals surface area contributed by atoms with Crippen molar-refractivity contribution in [3.8, 4) is 0 Å². The Kier molecular flexibility index (Phi) is 13.7. The Hall–Kier alpha value is -1.54. The van der Waals surface area contributed by atoms with Crippen LogP contribution >= 0.6 is 15.2 Å². The molecule has 172 valence electrons. The molecule has 0 spiro atoms. The van der Waals surface area contributed by atoms with Gasteiger partial charge in [0.2, 0.25) is 0 Å². The minimum Gasteiger partial charge on any atom is -0.463 e. The van der Waals surface area contributed by atoms with E-state index in [1.165, 1.54) is 26.4 Å². The maximum atomic E-state index is 12.5. The molecule has 0 aliphatic carbocycles. The molecule has 0 heterocycles. The highest BCUT2D eigenvalue weighted by molar-refractivity contribution is 7.54. The summed E-state index contributed by atoms with van der Waals surface area (Å²) < 4.78 is 54.7. The first-order valence-corrected chi connectivity index (χ1v) is 12.4. The first-order chi connectivity index (χ1) is 14.1. The zero-order chi connectivity index (χ0) is 23.2. The molecule has 30 heavy (non-hydrogen) atoms. The van der Waals surface area contributed by atoms with Crippen LogP contribution in [-0.2, 0) is 46.3 Å². The summed E-state index contributed by atoms with van der Waals surface area (Å²) in [5, 5.41) is 0. The molecule has 10 nitrogen and oxygen atoms in total. The van der Waals surface area contributed by atoms with Crippen LogP contribution in [0, 0.1) is 0 Å². The first-order valence-electron chi connectivity index (χ1n) is 8.99. The SMILES string of the molecule is C=C(CP(=O)(OC)OC/C=C\COP(=O)(CC(=C)C(=O)OCC)OC)C(=O)OCC. The Morgan fingerprint density at radius 1 is 0.767 bits per heavy atom. The maximum absolute atomic E-state index is 12.5. The Morgan fingerprint density at radius 2 is 1.10 bits per heavy atom. The van der Waals surface area contributed by atoms with E-state index in [9.17, 15) is 18.7 Å². The second-order valence-corrected chi connectivity index (χ2v) is 9.94. The van der Waals surface area contributed by atoms with E-state index in [1.807, 2.05) is 0 Å². The largest absolute Gasteiger partial charge is 0.463 e. The van der Waals surface area contributed by atoms with Crippen LogP contribution in [0.25, 0.3) is 0 Å². The minimum absolute atomic E-state index is 0.0304. The number of esters is 2.